The van der Waals surface area contributed by atoms with Gasteiger partial charge in [0.25, 0.3) is 0 Å². The highest BCUT2D eigenvalue weighted by Gasteiger charge is 2.37. The van der Waals surface area contributed by atoms with Gasteiger partial charge < -0.3 is 4.74 Å². The van der Waals surface area contributed by atoms with Gasteiger partial charge in [0.1, 0.15) is 0 Å². The second-order valence-electron chi connectivity index (χ2n) is 6.13. The predicted molar refractivity (Wildman–Crippen MR) is 76.5 cm³/mol. The van der Waals surface area contributed by atoms with E-state index in [4.69, 9.17) is 4.74 Å². The van der Waals surface area contributed by atoms with Gasteiger partial charge in [-0.1, -0.05) is 13.3 Å². The van der Waals surface area contributed by atoms with Gasteiger partial charge in [-0.15, -0.1) is 0 Å². The number of rotatable bonds is 9. The van der Waals surface area contributed by atoms with Crippen molar-refractivity contribution in [2.45, 2.75) is 64.8 Å². The largest absolute Gasteiger partial charge is 0.414 e. The van der Waals surface area contributed by atoms with Gasteiger partial charge in [0.2, 0.25) is 10.0 Å². The molecule has 2 atom stereocenters. The molecule has 128 valence electrons. The monoisotopic (exact) mass is 333 g/mol. The van der Waals surface area contributed by atoms with Gasteiger partial charge in [0.15, 0.2) is 6.10 Å². The van der Waals surface area contributed by atoms with Gasteiger partial charge >= 0.3 is 6.18 Å². The third-order valence-corrected chi connectivity index (χ3v) is 3.92. The third kappa shape index (κ3) is 10.1. The van der Waals surface area contributed by atoms with Crippen LogP contribution in [-0.4, -0.2) is 39.1 Å². The molecule has 0 radical (unpaired) electrons. The minimum atomic E-state index is -4.38. The van der Waals surface area contributed by atoms with E-state index in [0.29, 0.717) is 12.8 Å². The molecule has 0 heterocycles. The summed E-state index contributed by atoms with van der Waals surface area (Å²) in [5.74, 6) is -0.135. The Morgan fingerprint density at radius 1 is 1.24 bits per heavy atom. The first-order chi connectivity index (χ1) is 9.27. The van der Waals surface area contributed by atoms with E-state index in [1.807, 2.05) is 6.92 Å². The number of hydrogen-bond donors (Lipinski definition) is 1. The summed E-state index contributed by atoms with van der Waals surface area (Å²) >= 11 is 0. The molecule has 0 aliphatic rings. The Balaban J connectivity index is 4.62. The zero-order valence-electron chi connectivity index (χ0n) is 13.3. The van der Waals surface area contributed by atoms with Gasteiger partial charge in [0.05, 0.1) is 12.9 Å². The summed E-state index contributed by atoms with van der Waals surface area (Å²) in [7, 11) is -3.37. The minimum absolute atomic E-state index is 0.0383. The highest BCUT2D eigenvalue weighted by atomic mass is 32.2. The Kier molecular flexibility index (Phi) is 7.66. The second-order valence-corrected chi connectivity index (χ2v) is 7.88. The number of hydrogen-bond acceptors (Lipinski definition) is 3. The zero-order chi connectivity index (χ0) is 16.9. The van der Waals surface area contributed by atoms with Crippen LogP contribution in [0.15, 0.2) is 0 Å². The summed E-state index contributed by atoms with van der Waals surface area (Å²) in [5.41, 5.74) is -0.724. The third-order valence-electron chi connectivity index (χ3n) is 3.00. The van der Waals surface area contributed by atoms with Crippen LogP contribution in [0.25, 0.3) is 0 Å². The van der Waals surface area contributed by atoms with Crippen molar-refractivity contribution in [1.29, 1.82) is 0 Å². The van der Waals surface area contributed by atoms with Gasteiger partial charge in [-0.05, 0) is 39.5 Å². The van der Waals surface area contributed by atoms with Crippen molar-refractivity contribution in [2.75, 3.05) is 12.9 Å². The van der Waals surface area contributed by atoms with Gasteiger partial charge in [-0.2, -0.15) is 13.2 Å². The lowest BCUT2D eigenvalue weighted by molar-refractivity contribution is -0.217. The Morgan fingerprint density at radius 2 is 1.76 bits per heavy atom. The normalized spacial score (nSPS) is 16.8. The molecule has 0 aliphatic carbocycles. The number of alkyl halides is 3. The molecule has 0 spiro atoms. The molecule has 0 rings (SSSR count). The van der Waals surface area contributed by atoms with Crippen LogP contribution in [0.2, 0.25) is 0 Å². The number of nitrogens with one attached hydrogen (secondary N) is 1. The first kappa shape index (κ1) is 20.7. The standard InChI is InChI=1S/C13H26F3NO3S/c1-6-7-11(9-20-10(2)13(14,15)16)8-12(3,4)17-21(5,18)19/h10-11,17H,6-9H2,1-5H3/t10-,11?/m0/s1. The van der Waals surface area contributed by atoms with Crippen molar-refractivity contribution in [3.63, 3.8) is 0 Å². The molecular weight excluding hydrogens is 307 g/mol. The molecule has 0 bridgehead atoms. The molecule has 0 saturated heterocycles. The molecule has 0 aliphatic heterocycles. The molecule has 21 heavy (non-hydrogen) atoms. The lowest BCUT2D eigenvalue weighted by Gasteiger charge is -2.30. The number of halogens is 3. The highest BCUT2D eigenvalue weighted by molar-refractivity contribution is 7.88. The molecule has 0 aromatic carbocycles. The Labute approximate surface area is 125 Å². The second kappa shape index (κ2) is 7.78. The fourth-order valence-electron chi connectivity index (χ4n) is 2.29. The molecule has 4 nitrogen and oxygen atoms in total. The number of sulfonamides is 1. The molecule has 0 aromatic heterocycles. The molecular formula is C13H26F3NO3S. The van der Waals surface area contributed by atoms with Crippen molar-refractivity contribution in [2.24, 2.45) is 5.92 Å². The van der Waals surface area contributed by atoms with Crippen LogP contribution < -0.4 is 4.72 Å². The van der Waals surface area contributed by atoms with Crippen LogP contribution in [-0.2, 0) is 14.8 Å². The molecule has 0 saturated carbocycles. The van der Waals surface area contributed by atoms with Crippen LogP contribution >= 0.6 is 0 Å². The summed E-state index contributed by atoms with van der Waals surface area (Å²) in [5, 5.41) is 0. The first-order valence-corrected chi connectivity index (χ1v) is 8.83. The van der Waals surface area contributed by atoms with Gasteiger partial charge in [-0.25, -0.2) is 13.1 Å². The Hall–Kier alpha value is -0.340. The van der Waals surface area contributed by atoms with E-state index in [2.05, 4.69) is 4.72 Å². The molecule has 0 fully saturated rings. The summed E-state index contributed by atoms with van der Waals surface area (Å²) < 4.78 is 67.3. The average Bonchev–Trinajstić information content (AvgIpc) is 2.20. The van der Waals surface area contributed by atoms with Crippen molar-refractivity contribution >= 4 is 10.0 Å². The average molecular weight is 333 g/mol. The molecule has 0 aromatic rings. The summed E-state index contributed by atoms with van der Waals surface area (Å²) in [4.78, 5) is 0. The Bertz CT molecular complexity index is 407. The van der Waals surface area contributed by atoms with E-state index in [1.165, 1.54) is 0 Å². The van der Waals surface area contributed by atoms with Crippen molar-refractivity contribution in [3.05, 3.63) is 0 Å². The smallest absolute Gasteiger partial charge is 0.369 e. The summed E-state index contributed by atoms with van der Waals surface area (Å²) in [6, 6.07) is 0. The van der Waals surface area contributed by atoms with E-state index in [0.717, 1.165) is 19.6 Å². The topological polar surface area (TPSA) is 55.4 Å². The SMILES string of the molecule is CCCC(CO[C@@H](C)C(F)(F)F)CC(C)(C)NS(C)(=O)=O. The van der Waals surface area contributed by atoms with Gasteiger partial charge in [-0.3, -0.25) is 0 Å². The highest BCUT2D eigenvalue weighted by Crippen LogP contribution is 2.26. The van der Waals surface area contributed by atoms with Crippen LogP contribution in [0, 0.1) is 5.92 Å². The summed E-state index contributed by atoms with van der Waals surface area (Å²) in [6.07, 6.45) is -3.24. The lowest BCUT2D eigenvalue weighted by atomic mass is 9.89. The van der Waals surface area contributed by atoms with E-state index in [1.54, 1.807) is 13.8 Å². The fourth-order valence-corrected chi connectivity index (χ4v) is 3.38. The van der Waals surface area contributed by atoms with Crippen molar-refractivity contribution in [3.8, 4) is 0 Å². The molecule has 8 heteroatoms. The Morgan fingerprint density at radius 3 is 2.14 bits per heavy atom. The maximum atomic E-state index is 12.4. The lowest BCUT2D eigenvalue weighted by Crippen LogP contribution is -2.44. The van der Waals surface area contributed by atoms with E-state index < -0.39 is 27.8 Å². The van der Waals surface area contributed by atoms with Crippen LogP contribution in [0.5, 0.6) is 0 Å². The quantitative estimate of drug-likeness (QED) is 0.705. The van der Waals surface area contributed by atoms with Crippen LogP contribution in [0.1, 0.15) is 47.0 Å². The van der Waals surface area contributed by atoms with Crippen molar-refractivity contribution in [1.82, 2.24) is 4.72 Å². The molecule has 1 unspecified atom stereocenters. The zero-order valence-corrected chi connectivity index (χ0v) is 14.1. The van der Waals surface area contributed by atoms with Crippen molar-refractivity contribution < 1.29 is 26.3 Å². The molecule has 1 N–H and O–H groups in total. The van der Waals surface area contributed by atoms with E-state index in [9.17, 15) is 21.6 Å². The first-order valence-electron chi connectivity index (χ1n) is 6.94. The maximum Gasteiger partial charge on any atom is 0.414 e. The maximum absolute atomic E-state index is 12.4. The minimum Gasteiger partial charge on any atom is -0.369 e. The fraction of sp³-hybridized carbons (Fsp3) is 1.00. The predicted octanol–water partition coefficient (Wildman–Crippen LogP) is 3.09. The van der Waals surface area contributed by atoms with Gasteiger partial charge in [0, 0.05) is 5.54 Å². The molecule has 0 amide bonds. The van der Waals surface area contributed by atoms with Crippen LogP contribution in [0.4, 0.5) is 13.2 Å². The summed E-state index contributed by atoms with van der Waals surface area (Å²) in [6.45, 7) is 6.29. The number of ether oxygens (including phenoxy) is 1. The van der Waals surface area contributed by atoms with Crippen LogP contribution in [0.3, 0.4) is 0 Å². The van der Waals surface area contributed by atoms with E-state index in [-0.39, 0.29) is 12.5 Å². The van der Waals surface area contributed by atoms with E-state index >= 15 is 0 Å².